The lowest BCUT2D eigenvalue weighted by Crippen LogP contribution is -2.72. The number of halogens is 4. The molecule has 2 fully saturated rings. The van der Waals surface area contributed by atoms with Crippen molar-refractivity contribution in [2.45, 2.75) is 20.1 Å². The summed E-state index contributed by atoms with van der Waals surface area (Å²) in [6.45, 7) is -0.343. The molecule has 3 atom stereocenters. The van der Waals surface area contributed by atoms with Gasteiger partial charge in [-0.1, -0.05) is 34.8 Å². The molecule has 2 aliphatic rings. The maximum atomic E-state index is 11.9. The van der Waals surface area contributed by atoms with Crippen molar-refractivity contribution in [3.8, 4) is 0 Å². The van der Waals surface area contributed by atoms with Crippen molar-refractivity contribution in [3.05, 3.63) is 0 Å². The van der Waals surface area contributed by atoms with Crippen molar-refractivity contribution in [2.24, 2.45) is 5.73 Å². The fourth-order valence-electron chi connectivity index (χ4n) is 1.85. The Labute approximate surface area is 134 Å². The molecule has 5 nitrogen and oxygen atoms in total. The average Bonchev–Trinajstić information content (AvgIpc) is 2.34. The van der Waals surface area contributed by atoms with Crippen LogP contribution in [0.15, 0.2) is 0 Å². The second-order valence-electron chi connectivity index (χ2n) is 4.35. The van der Waals surface area contributed by atoms with E-state index < -0.39 is 27.3 Å². The van der Waals surface area contributed by atoms with Crippen LogP contribution in [0.1, 0.15) is 0 Å². The summed E-state index contributed by atoms with van der Waals surface area (Å²) in [5, 5.41) is -0.125. The van der Waals surface area contributed by atoms with Crippen LogP contribution in [0.25, 0.3) is 0 Å². The minimum atomic E-state index is -1.69. The molecule has 0 radical (unpaired) electrons. The van der Waals surface area contributed by atoms with Crippen LogP contribution in [0.2, 0.25) is 0 Å². The SMILES string of the molecule is NC1C(=O)N2CC(Cl)(C(=O)OCC(Cl)(Cl)Cl)CS[C@H]12. The van der Waals surface area contributed by atoms with Gasteiger partial charge in [-0.3, -0.25) is 9.59 Å². The second kappa shape index (κ2) is 5.31. The van der Waals surface area contributed by atoms with E-state index in [1.54, 1.807) is 0 Å². The molecule has 1 amide bonds. The first-order valence-electron chi connectivity index (χ1n) is 5.25. The lowest BCUT2D eigenvalue weighted by Gasteiger charge is -2.51. The first-order chi connectivity index (χ1) is 8.64. The number of hydrogen-bond donors (Lipinski definition) is 1. The van der Waals surface area contributed by atoms with Gasteiger partial charge in [0.15, 0.2) is 4.87 Å². The van der Waals surface area contributed by atoms with Crippen LogP contribution in [0.4, 0.5) is 0 Å². The van der Waals surface area contributed by atoms with E-state index in [4.69, 9.17) is 56.9 Å². The van der Waals surface area contributed by atoms with Gasteiger partial charge in [0.1, 0.15) is 18.0 Å². The van der Waals surface area contributed by atoms with Crippen molar-refractivity contribution >= 4 is 70.0 Å². The third-order valence-electron chi connectivity index (χ3n) is 2.82. The number of β-lactam (4-membered cyclic amide) rings is 1. The van der Waals surface area contributed by atoms with Crippen LogP contribution in [-0.4, -0.2) is 55.8 Å². The number of fused-ring (bicyclic) bond motifs is 1. The van der Waals surface area contributed by atoms with Gasteiger partial charge in [0.2, 0.25) is 9.70 Å². The number of carbonyl (C=O) groups is 2. The van der Waals surface area contributed by atoms with Gasteiger partial charge < -0.3 is 15.4 Å². The molecule has 2 heterocycles. The van der Waals surface area contributed by atoms with Crippen LogP contribution in [0.3, 0.4) is 0 Å². The molecule has 2 aliphatic heterocycles. The summed E-state index contributed by atoms with van der Waals surface area (Å²) in [6.07, 6.45) is 0. The summed E-state index contributed by atoms with van der Waals surface area (Å²) in [4.78, 5) is 23.6. The Morgan fingerprint density at radius 2 is 2.21 bits per heavy atom. The number of esters is 1. The minimum Gasteiger partial charge on any atom is -0.460 e. The lowest BCUT2D eigenvalue weighted by atomic mass is 10.0. The second-order valence-corrected chi connectivity index (χ2v) is 8.69. The molecule has 108 valence electrons. The molecule has 2 unspecified atom stereocenters. The molecule has 2 N–H and O–H groups in total. The average molecular weight is 368 g/mol. The van der Waals surface area contributed by atoms with Gasteiger partial charge in [-0.2, -0.15) is 0 Å². The van der Waals surface area contributed by atoms with Gasteiger partial charge in [0.25, 0.3) is 0 Å². The van der Waals surface area contributed by atoms with Gasteiger partial charge in [-0.05, 0) is 0 Å². The molecular weight excluding hydrogens is 358 g/mol. The Balaban J connectivity index is 1.96. The Morgan fingerprint density at radius 3 is 2.79 bits per heavy atom. The molecule has 0 aromatic rings. The normalized spacial score (nSPS) is 34.6. The molecule has 0 aliphatic carbocycles. The zero-order valence-corrected chi connectivity index (χ0v) is 13.3. The number of carbonyl (C=O) groups excluding carboxylic acids is 2. The minimum absolute atomic E-state index is 0.0530. The fraction of sp³-hybridized carbons (Fsp3) is 0.778. The number of thioether (sulfide) groups is 1. The number of rotatable bonds is 2. The molecule has 0 aromatic heterocycles. The summed E-state index contributed by atoms with van der Waals surface area (Å²) in [5.74, 6) is -0.647. The largest absolute Gasteiger partial charge is 0.460 e. The standard InChI is InChI=1S/C9H10Cl4N2O3S/c10-8(7(17)18-2-9(11,12)13)1-15-5(16)4(14)6(15)19-3-8/h4,6H,1-3,14H2/t4?,6-,8?/m1/s1. The first kappa shape index (κ1) is 15.8. The fourth-order valence-corrected chi connectivity index (χ4v) is 3.71. The Hall–Kier alpha value is 0.410. The van der Waals surface area contributed by atoms with E-state index in [2.05, 4.69) is 0 Å². The van der Waals surface area contributed by atoms with Crippen LogP contribution >= 0.6 is 58.2 Å². The number of ether oxygens (including phenoxy) is 1. The highest BCUT2D eigenvalue weighted by Gasteiger charge is 2.55. The smallest absolute Gasteiger partial charge is 0.330 e. The van der Waals surface area contributed by atoms with Crippen LogP contribution in [-0.2, 0) is 14.3 Å². The molecule has 0 bridgehead atoms. The van der Waals surface area contributed by atoms with Crippen LogP contribution in [0, 0.1) is 0 Å². The van der Waals surface area contributed by atoms with E-state index in [-0.39, 0.29) is 23.6 Å². The predicted octanol–water partition coefficient (Wildman–Crippen LogP) is 1.12. The topological polar surface area (TPSA) is 72.6 Å². The Bertz CT molecular complexity index is 419. The van der Waals surface area contributed by atoms with Crippen molar-refractivity contribution < 1.29 is 14.3 Å². The zero-order chi connectivity index (χ0) is 14.4. The number of alkyl halides is 4. The number of nitrogens with two attached hydrogens (primary N) is 1. The van der Waals surface area contributed by atoms with Crippen molar-refractivity contribution in [1.29, 1.82) is 0 Å². The maximum Gasteiger partial charge on any atom is 0.330 e. The summed E-state index contributed by atoms with van der Waals surface area (Å²) in [5.41, 5.74) is 5.63. The summed E-state index contributed by atoms with van der Waals surface area (Å²) in [6, 6.07) is -0.525. The predicted molar refractivity (Wildman–Crippen MR) is 75.8 cm³/mol. The van der Waals surface area contributed by atoms with E-state index in [0.717, 1.165) is 0 Å². The molecule has 2 saturated heterocycles. The van der Waals surface area contributed by atoms with E-state index in [1.807, 2.05) is 0 Å². The molecule has 2 rings (SSSR count). The third-order valence-corrected chi connectivity index (χ3v) is 5.26. The molecule has 0 spiro atoms. The maximum absolute atomic E-state index is 11.9. The monoisotopic (exact) mass is 366 g/mol. The number of amides is 1. The highest BCUT2D eigenvalue weighted by atomic mass is 35.6. The Kier molecular flexibility index (Phi) is 4.42. The van der Waals surface area contributed by atoms with Crippen LogP contribution < -0.4 is 5.73 Å². The first-order valence-corrected chi connectivity index (χ1v) is 7.81. The van der Waals surface area contributed by atoms with Crippen LogP contribution in [0.5, 0.6) is 0 Å². The van der Waals surface area contributed by atoms with Crippen molar-refractivity contribution in [2.75, 3.05) is 18.9 Å². The molecule has 10 heteroatoms. The summed E-state index contributed by atoms with van der Waals surface area (Å²) in [7, 11) is 0. The number of nitrogens with zero attached hydrogens (tertiary/aromatic N) is 1. The third kappa shape index (κ3) is 3.19. The molecular formula is C9H10Cl4N2O3S. The molecule has 0 saturated carbocycles. The quantitative estimate of drug-likeness (QED) is 0.449. The molecule has 19 heavy (non-hydrogen) atoms. The highest BCUT2D eigenvalue weighted by Crippen LogP contribution is 2.41. The van der Waals surface area contributed by atoms with Gasteiger partial charge in [0, 0.05) is 5.75 Å². The van der Waals surface area contributed by atoms with Gasteiger partial charge in [-0.25, -0.2) is 0 Å². The summed E-state index contributed by atoms with van der Waals surface area (Å²) < 4.78 is 3.18. The lowest BCUT2D eigenvalue weighted by molar-refractivity contribution is -0.152. The highest BCUT2D eigenvalue weighted by molar-refractivity contribution is 8.00. The van der Waals surface area contributed by atoms with Gasteiger partial charge >= 0.3 is 5.97 Å². The number of hydrogen-bond acceptors (Lipinski definition) is 5. The van der Waals surface area contributed by atoms with Gasteiger partial charge in [-0.15, -0.1) is 23.4 Å². The molecule has 0 aromatic carbocycles. The Morgan fingerprint density at radius 1 is 1.58 bits per heavy atom. The van der Waals surface area contributed by atoms with Crippen molar-refractivity contribution in [1.82, 2.24) is 4.90 Å². The van der Waals surface area contributed by atoms with E-state index in [1.165, 1.54) is 16.7 Å². The van der Waals surface area contributed by atoms with E-state index in [9.17, 15) is 9.59 Å². The summed E-state index contributed by atoms with van der Waals surface area (Å²) >= 11 is 24.0. The van der Waals surface area contributed by atoms with E-state index >= 15 is 0 Å². The van der Waals surface area contributed by atoms with E-state index in [0.29, 0.717) is 0 Å². The van der Waals surface area contributed by atoms with Gasteiger partial charge in [0.05, 0.1) is 6.54 Å². The van der Waals surface area contributed by atoms with Crippen molar-refractivity contribution in [3.63, 3.8) is 0 Å². The zero-order valence-electron chi connectivity index (χ0n) is 9.45.